The molecule has 0 radical (unpaired) electrons. The molecule has 0 amide bonds. The van der Waals surface area contributed by atoms with Crippen molar-refractivity contribution in [3.05, 3.63) is 125 Å². The first-order valence-corrected chi connectivity index (χ1v) is 10.8. The Hall–Kier alpha value is -3.76. The standard InChI is InChI=1S/C28H25NO3/c1-2-31-26-19-20(17-18-25(26)30)27-29-24-16-10-9-15-23(24)28(32-27,21-11-5-3-6-12-21)22-13-7-4-8-14-22/h3-19,27,29-30H,2H2,1H3. The van der Waals surface area contributed by atoms with Crippen LogP contribution in [0.15, 0.2) is 103 Å². The Bertz CT molecular complexity index is 1170. The van der Waals surface area contributed by atoms with Crippen LogP contribution in [-0.4, -0.2) is 11.7 Å². The number of hydrogen-bond donors (Lipinski definition) is 2. The first-order chi connectivity index (χ1) is 15.7. The third-order valence-electron chi connectivity index (χ3n) is 5.83. The summed E-state index contributed by atoms with van der Waals surface area (Å²) in [4.78, 5) is 0. The van der Waals surface area contributed by atoms with Gasteiger partial charge in [-0.2, -0.15) is 0 Å². The van der Waals surface area contributed by atoms with E-state index >= 15 is 0 Å². The summed E-state index contributed by atoms with van der Waals surface area (Å²) in [7, 11) is 0. The van der Waals surface area contributed by atoms with Crippen molar-refractivity contribution in [3.8, 4) is 11.5 Å². The van der Waals surface area contributed by atoms with Crippen molar-refractivity contribution in [2.24, 2.45) is 0 Å². The average molecular weight is 424 g/mol. The molecule has 0 saturated carbocycles. The molecule has 32 heavy (non-hydrogen) atoms. The molecule has 1 heterocycles. The molecule has 0 fully saturated rings. The average Bonchev–Trinajstić information content (AvgIpc) is 2.86. The zero-order valence-electron chi connectivity index (χ0n) is 17.9. The van der Waals surface area contributed by atoms with Crippen LogP contribution in [0, 0.1) is 0 Å². The maximum absolute atomic E-state index is 10.2. The predicted molar refractivity (Wildman–Crippen MR) is 126 cm³/mol. The SMILES string of the molecule is CCOc1cc(C2Nc3ccccc3C(c3ccccc3)(c3ccccc3)O2)ccc1O. The molecule has 4 heteroatoms. The second-order valence-corrected chi connectivity index (χ2v) is 7.76. The summed E-state index contributed by atoms with van der Waals surface area (Å²) < 4.78 is 12.6. The maximum atomic E-state index is 10.2. The summed E-state index contributed by atoms with van der Waals surface area (Å²) in [5.41, 5.74) is 4.22. The van der Waals surface area contributed by atoms with Gasteiger partial charge in [0.1, 0.15) is 5.60 Å². The number of anilines is 1. The second-order valence-electron chi connectivity index (χ2n) is 7.76. The van der Waals surface area contributed by atoms with E-state index < -0.39 is 11.8 Å². The van der Waals surface area contributed by atoms with Gasteiger partial charge >= 0.3 is 0 Å². The van der Waals surface area contributed by atoms with Gasteiger partial charge in [0.15, 0.2) is 17.7 Å². The van der Waals surface area contributed by atoms with E-state index in [4.69, 9.17) is 9.47 Å². The van der Waals surface area contributed by atoms with E-state index in [2.05, 4.69) is 41.7 Å². The van der Waals surface area contributed by atoms with Crippen LogP contribution in [0.3, 0.4) is 0 Å². The molecule has 0 saturated heterocycles. The molecule has 0 spiro atoms. The molecule has 0 aliphatic carbocycles. The van der Waals surface area contributed by atoms with Gasteiger partial charge in [-0.3, -0.25) is 0 Å². The lowest BCUT2D eigenvalue weighted by Crippen LogP contribution is -2.40. The van der Waals surface area contributed by atoms with E-state index in [9.17, 15) is 5.11 Å². The molecule has 0 bridgehead atoms. The highest BCUT2D eigenvalue weighted by Crippen LogP contribution is 2.50. The molecule has 1 unspecified atom stereocenters. The van der Waals surface area contributed by atoms with Gasteiger partial charge in [0.05, 0.1) is 6.61 Å². The van der Waals surface area contributed by atoms with E-state index in [0.717, 1.165) is 27.9 Å². The Morgan fingerprint density at radius 2 is 1.47 bits per heavy atom. The van der Waals surface area contributed by atoms with E-state index in [0.29, 0.717) is 12.4 Å². The Morgan fingerprint density at radius 1 is 0.844 bits per heavy atom. The molecular weight excluding hydrogens is 398 g/mol. The number of ether oxygens (including phenoxy) is 2. The number of phenols is 1. The van der Waals surface area contributed by atoms with Crippen molar-refractivity contribution < 1.29 is 14.6 Å². The zero-order chi connectivity index (χ0) is 22.0. The molecule has 1 aliphatic rings. The zero-order valence-corrected chi connectivity index (χ0v) is 17.9. The summed E-state index contributed by atoms with van der Waals surface area (Å²) in [6.45, 7) is 2.37. The maximum Gasteiger partial charge on any atom is 0.161 e. The third kappa shape index (κ3) is 3.39. The summed E-state index contributed by atoms with van der Waals surface area (Å²) in [6, 6.07) is 34.2. The summed E-state index contributed by atoms with van der Waals surface area (Å²) in [6.07, 6.45) is -0.454. The number of hydrogen-bond acceptors (Lipinski definition) is 4. The van der Waals surface area contributed by atoms with Gasteiger partial charge in [0.2, 0.25) is 0 Å². The molecule has 1 aliphatic heterocycles. The van der Waals surface area contributed by atoms with E-state index in [-0.39, 0.29) is 5.75 Å². The molecule has 0 aromatic heterocycles. The highest BCUT2D eigenvalue weighted by atomic mass is 16.5. The molecule has 160 valence electrons. The minimum atomic E-state index is -0.807. The van der Waals surface area contributed by atoms with E-state index in [1.165, 1.54) is 0 Å². The largest absolute Gasteiger partial charge is 0.504 e. The van der Waals surface area contributed by atoms with Crippen LogP contribution < -0.4 is 10.1 Å². The fourth-order valence-electron chi connectivity index (χ4n) is 4.40. The van der Waals surface area contributed by atoms with Gasteiger partial charge < -0.3 is 19.9 Å². The van der Waals surface area contributed by atoms with Crippen LogP contribution in [0.4, 0.5) is 5.69 Å². The van der Waals surface area contributed by atoms with Crippen LogP contribution in [0.25, 0.3) is 0 Å². The van der Waals surface area contributed by atoms with E-state index in [1.54, 1.807) is 6.07 Å². The van der Waals surface area contributed by atoms with Crippen LogP contribution in [0.5, 0.6) is 11.5 Å². The monoisotopic (exact) mass is 423 g/mol. The minimum Gasteiger partial charge on any atom is -0.504 e. The highest BCUT2D eigenvalue weighted by Gasteiger charge is 2.45. The van der Waals surface area contributed by atoms with Crippen molar-refractivity contribution in [2.45, 2.75) is 18.8 Å². The first-order valence-electron chi connectivity index (χ1n) is 10.8. The second kappa shape index (κ2) is 8.40. The number of benzene rings is 4. The molecule has 4 aromatic rings. The van der Waals surface area contributed by atoms with E-state index in [1.807, 2.05) is 67.6 Å². The number of nitrogens with one attached hydrogen (secondary N) is 1. The summed E-state index contributed by atoms with van der Waals surface area (Å²) in [5, 5.41) is 13.7. The van der Waals surface area contributed by atoms with Gasteiger partial charge in [-0.25, -0.2) is 0 Å². The Balaban J connectivity index is 1.72. The lowest BCUT2D eigenvalue weighted by molar-refractivity contribution is -0.0433. The lowest BCUT2D eigenvalue weighted by Gasteiger charge is -2.44. The lowest BCUT2D eigenvalue weighted by atomic mass is 9.78. The van der Waals surface area contributed by atoms with Gasteiger partial charge in [0.25, 0.3) is 0 Å². The predicted octanol–water partition coefficient (Wildman–Crippen LogP) is 6.22. The van der Waals surface area contributed by atoms with Gasteiger partial charge in [-0.15, -0.1) is 0 Å². The Morgan fingerprint density at radius 3 is 2.12 bits per heavy atom. The first kappa shape index (κ1) is 20.2. The van der Waals surface area contributed by atoms with Crippen LogP contribution in [0.1, 0.15) is 35.4 Å². The number of para-hydroxylation sites is 1. The van der Waals surface area contributed by atoms with Crippen molar-refractivity contribution in [3.63, 3.8) is 0 Å². The smallest absolute Gasteiger partial charge is 0.161 e. The number of rotatable bonds is 5. The van der Waals surface area contributed by atoms with Gasteiger partial charge in [-0.1, -0.05) is 84.9 Å². The number of fused-ring (bicyclic) bond motifs is 1. The van der Waals surface area contributed by atoms with Crippen LogP contribution >= 0.6 is 0 Å². The molecule has 2 N–H and O–H groups in total. The minimum absolute atomic E-state index is 0.115. The number of aromatic hydroxyl groups is 1. The van der Waals surface area contributed by atoms with Crippen molar-refractivity contribution in [1.29, 1.82) is 0 Å². The summed E-state index contributed by atoms with van der Waals surface area (Å²) >= 11 is 0. The van der Waals surface area contributed by atoms with Crippen molar-refractivity contribution >= 4 is 5.69 Å². The van der Waals surface area contributed by atoms with Crippen molar-refractivity contribution in [2.75, 3.05) is 11.9 Å². The molecular formula is C28H25NO3. The topological polar surface area (TPSA) is 50.7 Å². The molecule has 1 atom stereocenters. The van der Waals surface area contributed by atoms with Gasteiger partial charge in [0, 0.05) is 16.8 Å². The summed E-state index contributed by atoms with van der Waals surface area (Å²) in [5.74, 6) is 0.559. The molecule has 4 aromatic carbocycles. The quantitative estimate of drug-likeness (QED) is 0.400. The molecule has 5 rings (SSSR count). The van der Waals surface area contributed by atoms with Crippen LogP contribution in [-0.2, 0) is 10.3 Å². The fraction of sp³-hybridized carbons (Fsp3) is 0.143. The van der Waals surface area contributed by atoms with Crippen molar-refractivity contribution in [1.82, 2.24) is 0 Å². The fourth-order valence-corrected chi connectivity index (χ4v) is 4.40. The number of phenolic OH excluding ortho intramolecular Hbond substituents is 1. The third-order valence-corrected chi connectivity index (χ3v) is 5.83. The van der Waals surface area contributed by atoms with Gasteiger partial charge in [-0.05, 0) is 36.2 Å². The van der Waals surface area contributed by atoms with Crippen LogP contribution in [0.2, 0.25) is 0 Å². The highest BCUT2D eigenvalue weighted by molar-refractivity contribution is 5.64. The normalized spacial score (nSPS) is 16.6. The Kier molecular flexibility index (Phi) is 5.29. The Labute approximate surface area is 188 Å². The molecule has 4 nitrogen and oxygen atoms in total.